The van der Waals surface area contributed by atoms with E-state index in [1.165, 1.54) is 0 Å². The van der Waals surface area contributed by atoms with E-state index in [9.17, 15) is 14.4 Å². The summed E-state index contributed by atoms with van der Waals surface area (Å²) in [6.07, 6.45) is 1.99. The van der Waals surface area contributed by atoms with Crippen LogP contribution in [-0.4, -0.2) is 25.0 Å². The standard InChI is InChI=1S/C8H13NO3/c1-7(6-11)5-8(12)9-3-2-4-10/h4,6-7H,2-3,5H2,1H3,(H,9,12). The van der Waals surface area contributed by atoms with E-state index in [1.54, 1.807) is 6.92 Å². The highest BCUT2D eigenvalue weighted by Crippen LogP contribution is 1.95. The molecule has 1 unspecified atom stereocenters. The predicted octanol–water partition coefficient (Wildman–Crippen LogP) is -0.0833. The van der Waals surface area contributed by atoms with Gasteiger partial charge in [-0.05, 0) is 0 Å². The van der Waals surface area contributed by atoms with E-state index in [4.69, 9.17) is 0 Å². The maximum absolute atomic E-state index is 10.9. The lowest BCUT2D eigenvalue weighted by Crippen LogP contribution is -2.26. The summed E-state index contributed by atoms with van der Waals surface area (Å²) in [6, 6.07) is 0. The van der Waals surface area contributed by atoms with Gasteiger partial charge in [0.15, 0.2) is 0 Å². The molecule has 0 aliphatic carbocycles. The minimum absolute atomic E-state index is 0.184. The molecule has 0 heterocycles. The molecule has 4 heteroatoms. The van der Waals surface area contributed by atoms with Crippen LogP contribution in [0, 0.1) is 5.92 Å². The van der Waals surface area contributed by atoms with Crippen molar-refractivity contribution in [1.82, 2.24) is 5.32 Å². The van der Waals surface area contributed by atoms with Gasteiger partial charge in [-0.25, -0.2) is 0 Å². The Balaban J connectivity index is 3.45. The zero-order valence-corrected chi connectivity index (χ0v) is 7.08. The molecule has 1 atom stereocenters. The third kappa shape index (κ3) is 5.58. The fourth-order valence-corrected chi connectivity index (χ4v) is 0.683. The monoisotopic (exact) mass is 171 g/mol. The van der Waals surface area contributed by atoms with E-state index in [1.807, 2.05) is 0 Å². The van der Waals surface area contributed by atoms with E-state index < -0.39 is 0 Å². The van der Waals surface area contributed by atoms with Crippen LogP contribution in [0.4, 0.5) is 0 Å². The van der Waals surface area contributed by atoms with Crippen LogP contribution in [-0.2, 0) is 14.4 Å². The van der Waals surface area contributed by atoms with Gasteiger partial charge in [0, 0.05) is 25.3 Å². The van der Waals surface area contributed by atoms with Gasteiger partial charge in [-0.3, -0.25) is 4.79 Å². The number of nitrogens with one attached hydrogen (secondary N) is 1. The molecule has 12 heavy (non-hydrogen) atoms. The third-order valence-corrected chi connectivity index (χ3v) is 1.32. The first kappa shape index (κ1) is 10.8. The Morgan fingerprint density at radius 1 is 1.50 bits per heavy atom. The highest BCUT2D eigenvalue weighted by molar-refractivity contribution is 5.79. The summed E-state index contributed by atoms with van der Waals surface area (Å²) in [4.78, 5) is 30.9. The molecular formula is C8H13NO3. The largest absolute Gasteiger partial charge is 0.356 e. The van der Waals surface area contributed by atoms with Crippen molar-refractivity contribution < 1.29 is 14.4 Å². The van der Waals surface area contributed by atoms with Crippen LogP contribution < -0.4 is 5.32 Å². The van der Waals surface area contributed by atoms with Crippen molar-refractivity contribution in [2.45, 2.75) is 19.8 Å². The normalized spacial score (nSPS) is 11.8. The summed E-state index contributed by atoms with van der Waals surface area (Å²) in [5, 5.41) is 2.52. The van der Waals surface area contributed by atoms with Crippen LogP contribution in [0.2, 0.25) is 0 Å². The Hall–Kier alpha value is -1.19. The van der Waals surface area contributed by atoms with Gasteiger partial charge in [0.05, 0.1) is 0 Å². The van der Waals surface area contributed by atoms with Gasteiger partial charge >= 0.3 is 0 Å². The summed E-state index contributed by atoms with van der Waals surface area (Å²) in [5.41, 5.74) is 0. The summed E-state index contributed by atoms with van der Waals surface area (Å²) >= 11 is 0. The van der Waals surface area contributed by atoms with Gasteiger partial charge in [0.1, 0.15) is 12.6 Å². The molecule has 68 valence electrons. The second kappa shape index (κ2) is 6.52. The number of hydrogen-bond acceptors (Lipinski definition) is 3. The van der Waals surface area contributed by atoms with Crippen LogP contribution in [0.15, 0.2) is 0 Å². The quantitative estimate of drug-likeness (QED) is 0.449. The molecular weight excluding hydrogens is 158 g/mol. The Morgan fingerprint density at radius 3 is 2.67 bits per heavy atom. The first-order valence-corrected chi connectivity index (χ1v) is 3.86. The zero-order chi connectivity index (χ0) is 9.40. The Labute approximate surface area is 71.3 Å². The van der Waals surface area contributed by atoms with Gasteiger partial charge in [0.25, 0.3) is 0 Å². The highest BCUT2D eigenvalue weighted by atomic mass is 16.2. The lowest BCUT2D eigenvalue weighted by atomic mass is 10.1. The Morgan fingerprint density at radius 2 is 2.17 bits per heavy atom. The molecule has 0 aromatic heterocycles. The molecule has 0 saturated heterocycles. The van der Waals surface area contributed by atoms with Gasteiger partial charge in [-0.2, -0.15) is 0 Å². The van der Waals surface area contributed by atoms with Crippen LogP contribution in [0.1, 0.15) is 19.8 Å². The second-order valence-electron chi connectivity index (χ2n) is 2.62. The molecule has 0 spiro atoms. The SMILES string of the molecule is CC(C=O)CC(=O)NCCC=O. The minimum atomic E-state index is -0.249. The maximum Gasteiger partial charge on any atom is 0.220 e. The van der Waals surface area contributed by atoms with Gasteiger partial charge < -0.3 is 14.9 Å². The molecule has 0 aliphatic heterocycles. The lowest BCUT2D eigenvalue weighted by Gasteiger charge is -2.03. The maximum atomic E-state index is 10.9. The fraction of sp³-hybridized carbons (Fsp3) is 0.625. The smallest absolute Gasteiger partial charge is 0.220 e. The van der Waals surface area contributed by atoms with E-state index in [-0.39, 0.29) is 18.2 Å². The summed E-state index contributed by atoms with van der Waals surface area (Å²) < 4.78 is 0. The topological polar surface area (TPSA) is 63.2 Å². The number of aldehydes is 2. The molecule has 0 aromatic carbocycles. The molecule has 1 N–H and O–H groups in total. The molecule has 0 rings (SSSR count). The van der Waals surface area contributed by atoms with Crippen molar-refractivity contribution in [1.29, 1.82) is 0 Å². The molecule has 0 bridgehead atoms. The van der Waals surface area contributed by atoms with Crippen molar-refractivity contribution in [3.8, 4) is 0 Å². The average molecular weight is 171 g/mol. The van der Waals surface area contributed by atoms with Gasteiger partial charge in [-0.1, -0.05) is 6.92 Å². The van der Waals surface area contributed by atoms with E-state index in [2.05, 4.69) is 5.32 Å². The summed E-state index contributed by atoms with van der Waals surface area (Å²) in [6.45, 7) is 2.03. The van der Waals surface area contributed by atoms with Crippen molar-refractivity contribution in [2.75, 3.05) is 6.54 Å². The van der Waals surface area contributed by atoms with Crippen LogP contribution >= 0.6 is 0 Å². The molecule has 0 fully saturated rings. The average Bonchev–Trinajstić information content (AvgIpc) is 2.05. The molecule has 0 radical (unpaired) electrons. The first-order chi connectivity index (χ1) is 5.70. The molecule has 4 nitrogen and oxygen atoms in total. The second-order valence-corrected chi connectivity index (χ2v) is 2.62. The number of rotatable bonds is 6. The molecule has 0 saturated carbocycles. The summed E-state index contributed by atoms with van der Waals surface area (Å²) in [7, 11) is 0. The van der Waals surface area contributed by atoms with Crippen LogP contribution in [0.25, 0.3) is 0 Å². The number of hydrogen-bond donors (Lipinski definition) is 1. The third-order valence-electron chi connectivity index (χ3n) is 1.32. The first-order valence-electron chi connectivity index (χ1n) is 3.86. The highest BCUT2D eigenvalue weighted by Gasteiger charge is 2.06. The van der Waals surface area contributed by atoms with Crippen molar-refractivity contribution >= 4 is 18.5 Å². The number of carbonyl (C=O) groups excluding carboxylic acids is 3. The molecule has 0 aromatic rings. The van der Waals surface area contributed by atoms with E-state index in [0.717, 1.165) is 12.6 Å². The Kier molecular flexibility index (Phi) is 5.87. The van der Waals surface area contributed by atoms with Crippen LogP contribution in [0.5, 0.6) is 0 Å². The Bertz CT molecular complexity index is 168. The summed E-state index contributed by atoms with van der Waals surface area (Å²) in [5.74, 6) is -0.433. The van der Waals surface area contributed by atoms with Gasteiger partial charge in [0.2, 0.25) is 5.91 Å². The zero-order valence-electron chi connectivity index (χ0n) is 7.08. The molecule has 0 aliphatic rings. The lowest BCUT2D eigenvalue weighted by molar-refractivity contribution is -0.124. The predicted molar refractivity (Wildman–Crippen MR) is 43.5 cm³/mol. The van der Waals surface area contributed by atoms with Gasteiger partial charge in [-0.15, -0.1) is 0 Å². The number of carbonyl (C=O) groups is 3. The van der Waals surface area contributed by atoms with Crippen molar-refractivity contribution in [3.63, 3.8) is 0 Å². The minimum Gasteiger partial charge on any atom is -0.356 e. The van der Waals surface area contributed by atoms with E-state index >= 15 is 0 Å². The van der Waals surface area contributed by atoms with Crippen LogP contribution in [0.3, 0.4) is 0 Å². The number of amides is 1. The fourth-order valence-electron chi connectivity index (χ4n) is 0.683. The molecule has 1 amide bonds. The van der Waals surface area contributed by atoms with Crippen molar-refractivity contribution in [3.05, 3.63) is 0 Å². The van der Waals surface area contributed by atoms with Crippen molar-refractivity contribution in [2.24, 2.45) is 5.92 Å². The van der Waals surface area contributed by atoms with E-state index in [0.29, 0.717) is 13.0 Å².